The van der Waals surface area contributed by atoms with Crippen molar-refractivity contribution in [1.82, 2.24) is 19.1 Å². The number of rotatable bonds is 8. The molecule has 0 aliphatic carbocycles. The molecule has 1 N–H and O–H groups in total. The second-order valence-electron chi connectivity index (χ2n) is 14.6. The first kappa shape index (κ1) is 36.6. The number of fused-ring (bicyclic) bond motifs is 6. The predicted molar refractivity (Wildman–Crippen MR) is 194 cm³/mol. The lowest BCUT2D eigenvalue weighted by Gasteiger charge is -2.25. The number of aromatic nitrogens is 4. The minimum atomic E-state index is -0.331. The molecule has 2 fully saturated rings. The number of benzene rings is 2. The summed E-state index contributed by atoms with van der Waals surface area (Å²) in [5, 5.41) is 9.64. The Morgan fingerprint density at radius 1 is 0.717 bits per heavy atom. The van der Waals surface area contributed by atoms with E-state index in [9.17, 15) is 14.7 Å². The molecule has 0 saturated carbocycles. The molecule has 14 nitrogen and oxygen atoms in total. The Labute approximate surface area is 307 Å². The fraction of sp³-hybridized carbons (Fsp3) is 0.487. The second kappa shape index (κ2) is 16.1. The van der Waals surface area contributed by atoms with Gasteiger partial charge in [-0.2, -0.15) is 9.97 Å². The zero-order valence-corrected chi connectivity index (χ0v) is 30.4. The van der Waals surface area contributed by atoms with Gasteiger partial charge < -0.3 is 38.3 Å². The summed E-state index contributed by atoms with van der Waals surface area (Å²) < 4.78 is 42.5. The molecule has 4 aliphatic rings. The number of hydrogen-bond acceptors (Lipinski definition) is 12. The van der Waals surface area contributed by atoms with Crippen LogP contribution < -0.4 is 25.6 Å². The van der Waals surface area contributed by atoms with Crippen molar-refractivity contribution in [2.24, 2.45) is 5.41 Å². The molecule has 0 bridgehead atoms. The summed E-state index contributed by atoms with van der Waals surface area (Å²) in [6.07, 6.45) is 1.17. The normalized spacial score (nSPS) is 19.0. The van der Waals surface area contributed by atoms with E-state index in [4.69, 9.17) is 33.2 Å². The van der Waals surface area contributed by atoms with Crippen LogP contribution in [0.25, 0.3) is 22.5 Å². The molecular formula is C39H46N4O10. The van der Waals surface area contributed by atoms with Gasteiger partial charge in [0, 0.05) is 36.3 Å². The van der Waals surface area contributed by atoms with Crippen LogP contribution in [-0.4, -0.2) is 95.9 Å². The van der Waals surface area contributed by atoms with Crippen LogP contribution >= 0.6 is 0 Å². The minimum Gasteiger partial charge on any atom is -0.508 e. The van der Waals surface area contributed by atoms with Crippen LogP contribution in [0.15, 0.2) is 58.1 Å². The first-order valence-electron chi connectivity index (χ1n) is 18.1. The highest BCUT2D eigenvalue weighted by molar-refractivity contribution is 5.68. The number of ether oxygens (including phenoxy) is 7. The van der Waals surface area contributed by atoms with Crippen LogP contribution in [0, 0.1) is 5.41 Å². The van der Waals surface area contributed by atoms with Gasteiger partial charge in [0.25, 0.3) is 0 Å². The van der Waals surface area contributed by atoms with Gasteiger partial charge in [-0.1, -0.05) is 20.8 Å². The predicted octanol–water partition coefficient (Wildman–Crippen LogP) is 3.65. The first-order chi connectivity index (χ1) is 25.6. The summed E-state index contributed by atoms with van der Waals surface area (Å²) in [5.74, 6) is 1.68. The Morgan fingerprint density at radius 2 is 1.25 bits per heavy atom. The fourth-order valence-corrected chi connectivity index (χ4v) is 6.54. The van der Waals surface area contributed by atoms with Crippen molar-refractivity contribution >= 4 is 0 Å². The van der Waals surface area contributed by atoms with Crippen molar-refractivity contribution in [2.45, 2.75) is 58.9 Å². The van der Waals surface area contributed by atoms with E-state index < -0.39 is 0 Å². The summed E-state index contributed by atoms with van der Waals surface area (Å²) in [6, 6.07) is 14.8. The number of hydrogen-bond donors (Lipinski definition) is 1. The third kappa shape index (κ3) is 9.07. The highest BCUT2D eigenvalue weighted by atomic mass is 16.6. The molecule has 0 amide bonds. The van der Waals surface area contributed by atoms with Crippen molar-refractivity contribution in [2.75, 3.05) is 59.5 Å². The van der Waals surface area contributed by atoms with Gasteiger partial charge in [0.2, 0.25) is 11.8 Å². The summed E-state index contributed by atoms with van der Waals surface area (Å²) in [4.78, 5) is 32.9. The van der Waals surface area contributed by atoms with Crippen molar-refractivity contribution in [1.29, 1.82) is 0 Å². The minimum absolute atomic E-state index is 0.0980. The van der Waals surface area contributed by atoms with E-state index in [0.29, 0.717) is 84.9 Å². The first-order valence-corrected chi connectivity index (χ1v) is 18.1. The van der Waals surface area contributed by atoms with Crippen molar-refractivity contribution in [3.8, 4) is 45.8 Å². The SMILES string of the molecule is CC(C)(C)COc1ccc2c(c1)CCn1c-2cc(OC[C@@H]2COCCO2)nc1=O.O=c1nc(OC[C@@H]2COCCO2)cc2n1CCc1cc(O)ccc1-2. The third-order valence-electron chi connectivity index (χ3n) is 9.18. The zero-order valence-electron chi connectivity index (χ0n) is 30.4. The average molecular weight is 731 g/mol. The summed E-state index contributed by atoms with van der Waals surface area (Å²) >= 11 is 0. The van der Waals surface area contributed by atoms with E-state index in [-0.39, 0.29) is 40.6 Å². The van der Waals surface area contributed by atoms with Crippen LogP contribution in [0.2, 0.25) is 0 Å². The topological polar surface area (TPSA) is 155 Å². The van der Waals surface area contributed by atoms with Gasteiger partial charge in [-0.25, -0.2) is 9.59 Å². The van der Waals surface area contributed by atoms with E-state index >= 15 is 0 Å². The zero-order chi connectivity index (χ0) is 37.0. The van der Waals surface area contributed by atoms with Gasteiger partial charge in [0.05, 0.1) is 57.6 Å². The molecule has 2 saturated heterocycles. The van der Waals surface area contributed by atoms with Gasteiger partial charge in [-0.05, 0) is 65.8 Å². The number of phenols is 1. The smallest absolute Gasteiger partial charge is 0.351 e. The lowest BCUT2D eigenvalue weighted by Crippen LogP contribution is -2.34. The molecule has 282 valence electrons. The van der Waals surface area contributed by atoms with Gasteiger partial charge in [-0.3, -0.25) is 9.13 Å². The standard InChI is InChI=1S/C22H28N2O5.C17H18N2O5/c1-22(2,3)14-29-16-4-5-18-15(10-16)6-7-24-19(18)11-20(23-21(24)25)28-13-17-12-26-8-9-27-17;20-12-1-2-14-11(7-12)3-4-19-15(14)8-16(18-17(19)21)24-10-13-9-22-5-6-23-13/h4-5,10-11,17H,6-9,12-14H2,1-3H3;1-2,7-8,13,20H,3-6,9-10H2/t17-;13-/m00/s1. The van der Waals surface area contributed by atoms with Crippen molar-refractivity contribution in [3.63, 3.8) is 0 Å². The van der Waals surface area contributed by atoms with Crippen molar-refractivity contribution in [3.05, 3.63) is 80.6 Å². The molecule has 14 heteroatoms. The fourth-order valence-electron chi connectivity index (χ4n) is 6.54. The van der Waals surface area contributed by atoms with Gasteiger partial charge in [0.15, 0.2) is 0 Å². The Kier molecular flexibility index (Phi) is 11.1. The average Bonchev–Trinajstić information content (AvgIpc) is 3.16. The quantitative estimate of drug-likeness (QED) is 0.282. The van der Waals surface area contributed by atoms with E-state index in [1.165, 1.54) is 0 Å². The van der Waals surface area contributed by atoms with E-state index in [2.05, 4.69) is 36.8 Å². The molecule has 0 unspecified atom stereocenters. The lowest BCUT2D eigenvalue weighted by atomic mass is 9.97. The monoisotopic (exact) mass is 730 g/mol. The maximum Gasteiger partial charge on any atom is 0.351 e. The maximum absolute atomic E-state index is 12.5. The Bertz CT molecular complexity index is 2030. The molecule has 4 aromatic rings. The molecule has 2 atom stereocenters. The van der Waals surface area contributed by atoms with Gasteiger partial charge in [-0.15, -0.1) is 0 Å². The lowest BCUT2D eigenvalue weighted by molar-refractivity contribution is -0.102. The van der Waals surface area contributed by atoms with Crippen LogP contribution in [0.1, 0.15) is 31.9 Å². The second-order valence-corrected chi connectivity index (χ2v) is 14.6. The van der Waals surface area contributed by atoms with E-state index in [0.717, 1.165) is 45.8 Å². The van der Waals surface area contributed by atoms with Crippen LogP contribution in [0.4, 0.5) is 0 Å². The van der Waals surface area contributed by atoms with Crippen LogP contribution in [-0.2, 0) is 44.9 Å². The highest BCUT2D eigenvalue weighted by Gasteiger charge is 2.23. The van der Waals surface area contributed by atoms with Gasteiger partial charge in [0.1, 0.15) is 36.9 Å². The summed E-state index contributed by atoms with van der Waals surface area (Å²) in [7, 11) is 0. The van der Waals surface area contributed by atoms with Crippen molar-refractivity contribution < 1.29 is 38.3 Å². The number of aromatic hydroxyl groups is 1. The molecule has 2 aromatic carbocycles. The molecule has 53 heavy (non-hydrogen) atoms. The summed E-state index contributed by atoms with van der Waals surface area (Å²) in [6.45, 7) is 12.1. The van der Waals surface area contributed by atoms with E-state index in [1.807, 2.05) is 24.3 Å². The number of nitrogens with zero attached hydrogens (tertiary/aromatic N) is 4. The molecule has 6 heterocycles. The maximum atomic E-state index is 12.5. The third-order valence-corrected chi connectivity index (χ3v) is 9.18. The number of aryl methyl sites for hydroxylation is 2. The van der Waals surface area contributed by atoms with Gasteiger partial charge >= 0.3 is 11.4 Å². The Balaban J connectivity index is 0.000000167. The molecule has 2 aromatic heterocycles. The Morgan fingerprint density at radius 3 is 1.75 bits per heavy atom. The summed E-state index contributed by atoms with van der Waals surface area (Å²) in [5.41, 5.74) is 5.16. The van der Waals surface area contributed by atoms with Crippen LogP contribution in [0.3, 0.4) is 0 Å². The molecule has 8 rings (SSSR count). The van der Waals surface area contributed by atoms with E-state index in [1.54, 1.807) is 27.3 Å². The molecule has 4 aliphatic heterocycles. The van der Waals surface area contributed by atoms with Crippen LogP contribution in [0.5, 0.6) is 23.3 Å². The highest BCUT2D eigenvalue weighted by Crippen LogP contribution is 2.34. The largest absolute Gasteiger partial charge is 0.508 e. The molecule has 0 spiro atoms. The molecule has 0 radical (unpaired) electrons. The Hall–Kier alpha value is -4.76. The number of phenolic OH excluding ortho intramolecular Hbond substituents is 1. The molecular weight excluding hydrogens is 684 g/mol.